The van der Waals surface area contributed by atoms with Crippen LogP contribution in [0.1, 0.15) is 32.1 Å². The molecule has 0 aromatic carbocycles. The van der Waals surface area contributed by atoms with Crippen LogP contribution in [-0.2, 0) is 4.79 Å². The van der Waals surface area contributed by atoms with Gasteiger partial charge in [0.2, 0.25) is 0 Å². The van der Waals surface area contributed by atoms with E-state index in [4.69, 9.17) is 0 Å². The maximum absolute atomic E-state index is 11.3. The molecule has 86 valence electrons. The van der Waals surface area contributed by atoms with Crippen molar-refractivity contribution >= 4 is 5.97 Å². The average Bonchev–Trinajstić information content (AvgIpc) is 2.94. The van der Waals surface area contributed by atoms with Crippen LogP contribution in [0.3, 0.4) is 0 Å². The Labute approximate surface area is 91.5 Å². The number of rotatable bonds is 3. The molecule has 1 aliphatic heterocycles. The van der Waals surface area contributed by atoms with Crippen molar-refractivity contribution in [1.82, 2.24) is 4.90 Å². The molecule has 1 saturated carbocycles. The molecule has 15 heavy (non-hydrogen) atoms. The lowest BCUT2D eigenvalue weighted by molar-refractivity contribution is -0.144. The molecule has 0 bridgehead atoms. The van der Waals surface area contributed by atoms with E-state index in [1.807, 2.05) is 0 Å². The molecule has 1 saturated heterocycles. The summed E-state index contributed by atoms with van der Waals surface area (Å²) in [5.41, 5.74) is 0. The normalized spacial score (nSPS) is 30.9. The predicted molar refractivity (Wildman–Crippen MR) is 58.7 cm³/mol. The van der Waals surface area contributed by atoms with Crippen LogP contribution in [0.4, 0.5) is 0 Å². The first kappa shape index (κ1) is 10.9. The van der Waals surface area contributed by atoms with Crippen molar-refractivity contribution in [1.29, 1.82) is 0 Å². The summed E-state index contributed by atoms with van der Waals surface area (Å²) in [6, 6.07) is 0. The molecular weight excluding hydrogens is 190 g/mol. The van der Waals surface area contributed by atoms with E-state index in [-0.39, 0.29) is 5.92 Å². The van der Waals surface area contributed by atoms with Crippen LogP contribution in [0.25, 0.3) is 0 Å². The molecule has 0 spiro atoms. The Morgan fingerprint density at radius 2 is 2.00 bits per heavy atom. The third-order valence-corrected chi connectivity index (χ3v) is 3.83. The van der Waals surface area contributed by atoms with Gasteiger partial charge in [0.15, 0.2) is 0 Å². The average molecular weight is 211 g/mol. The number of hydrogen-bond donors (Lipinski definition) is 1. The SMILES string of the molecule is CN1CCCCC(C(C(=O)O)C2CC2)C1. The van der Waals surface area contributed by atoms with E-state index in [0.29, 0.717) is 11.8 Å². The summed E-state index contributed by atoms with van der Waals surface area (Å²) < 4.78 is 0. The van der Waals surface area contributed by atoms with Gasteiger partial charge in [-0.1, -0.05) is 6.42 Å². The summed E-state index contributed by atoms with van der Waals surface area (Å²) in [5.74, 6) is 0.254. The lowest BCUT2D eigenvalue weighted by Crippen LogP contribution is -2.33. The van der Waals surface area contributed by atoms with Gasteiger partial charge in [-0.3, -0.25) is 4.79 Å². The van der Waals surface area contributed by atoms with Gasteiger partial charge in [0, 0.05) is 6.54 Å². The number of carboxylic acids is 1. The lowest BCUT2D eigenvalue weighted by Gasteiger charge is -2.25. The topological polar surface area (TPSA) is 40.5 Å². The molecule has 0 radical (unpaired) electrons. The van der Waals surface area contributed by atoms with Gasteiger partial charge in [0.25, 0.3) is 0 Å². The number of likely N-dealkylation sites (tertiary alicyclic amines) is 1. The first-order chi connectivity index (χ1) is 7.18. The number of hydrogen-bond acceptors (Lipinski definition) is 2. The van der Waals surface area contributed by atoms with Crippen molar-refractivity contribution in [3.63, 3.8) is 0 Å². The highest BCUT2D eigenvalue weighted by molar-refractivity contribution is 5.71. The number of carbonyl (C=O) groups is 1. The maximum atomic E-state index is 11.3. The molecule has 2 fully saturated rings. The Morgan fingerprint density at radius 1 is 1.27 bits per heavy atom. The Bertz CT molecular complexity index is 238. The van der Waals surface area contributed by atoms with Crippen LogP contribution in [0, 0.1) is 17.8 Å². The van der Waals surface area contributed by atoms with Gasteiger partial charge >= 0.3 is 5.97 Å². The summed E-state index contributed by atoms with van der Waals surface area (Å²) in [7, 11) is 2.12. The number of carboxylic acid groups (broad SMARTS) is 1. The predicted octanol–water partition coefficient (Wildman–Crippen LogP) is 1.83. The number of aliphatic carboxylic acids is 1. The molecule has 0 aromatic heterocycles. The molecule has 1 heterocycles. The number of nitrogens with zero attached hydrogens (tertiary/aromatic N) is 1. The molecule has 0 aromatic rings. The van der Waals surface area contributed by atoms with E-state index in [0.717, 1.165) is 32.4 Å². The second-order valence-corrected chi connectivity index (χ2v) is 5.22. The first-order valence-electron chi connectivity index (χ1n) is 6.10. The van der Waals surface area contributed by atoms with Crippen LogP contribution in [0.2, 0.25) is 0 Å². The summed E-state index contributed by atoms with van der Waals surface area (Å²) in [5, 5.41) is 9.30. The van der Waals surface area contributed by atoms with Gasteiger partial charge in [0.1, 0.15) is 0 Å². The highest BCUT2D eigenvalue weighted by Crippen LogP contribution is 2.42. The minimum absolute atomic E-state index is 0.0643. The molecule has 2 rings (SSSR count). The molecule has 1 N–H and O–H groups in total. The molecule has 3 heteroatoms. The zero-order chi connectivity index (χ0) is 10.8. The molecule has 2 atom stereocenters. The fraction of sp³-hybridized carbons (Fsp3) is 0.917. The van der Waals surface area contributed by atoms with Gasteiger partial charge in [-0.25, -0.2) is 0 Å². The van der Waals surface area contributed by atoms with Crippen LogP contribution >= 0.6 is 0 Å². The second-order valence-electron chi connectivity index (χ2n) is 5.22. The largest absolute Gasteiger partial charge is 0.481 e. The molecular formula is C12H21NO2. The third-order valence-electron chi connectivity index (χ3n) is 3.83. The molecule has 0 amide bonds. The Kier molecular flexibility index (Phi) is 3.29. The summed E-state index contributed by atoms with van der Waals surface area (Å²) >= 11 is 0. The summed E-state index contributed by atoms with van der Waals surface area (Å²) in [6.45, 7) is 2.11. The third kappa shape index (κ3) is 2.71. The van der Waals surface area contributed by atoms with Crippen molar-refractivity contribution in [2.75, 3.05) is 20.1 Å². The molecule has 3 nitrogen and oxygen atoms in total. The quantitative estimate of drug-likeness (QED) is 0.774. The highest BCUT2D eigenvalue weighted by atomic mass is 16.4. The fourth-order valence-corrected chi connectivity index (χ4v) is 2.91. The van der Waals surface area contributed by atoms with E-state index in [9.17, 15) is 9.90 Å². The zero-order valence-electron chi connectivity index (χ0n) is 9.48. The standard InChI is InChI=1S/C12H21NO2/c1-13-7-3-2-4-10(8-13)11(12(14)15)9-5-6-9/h9-11H,2-8H2,1H3,(H,14,15). The van der Waals surface area contributed by atoms with Crippen LogP contribution in [-0.4, -0.2) is 36.1 Å². The molecule has 2 unspecified atom stereocenters. The Balaban J connectivity index is 2.01. The van der Waals surface area contributed by atoms with E-state index in [1.165, 1.54) is 12.8 Å². The second kappa shape index (κ2) is 4.52. The summed E-state index contributed by atoms with van der Waals surface area (Å²) in [4.78, 5) is 13.6. The van der Waals surface area contributed by atoms with Crippen molar-refractivity contribution in [2.24, 2.45) is 17.8 Å². The van der Waals surface area contributed by atoms with Gasteiger partial charge < -0.3 is 10.0 Å². The van der Waals surface area contributed by atoms with Gasteiger partial charge in [-0.15, -0.1) is 0 Å². The smallest absolute Gasteiger partial charge is 0.307 e. The van der Waals surface area contributed by atoms with Crippen molar-refractivity contribution in [3.05, 3.63) is 0 Å². The van der Waals surface area contributed by atoms with Gasteiger partial charge in [0.05, 0.1) is 5.92 Å². The lowest BCUT2D eigenvalue weighted by atomic mass is 9.85. The Hall–Kier alpha value is -0.570. The fourth-order valence-electron chi connectivity index (χ4n) is 2.91. The van der Waals surface area contributed by atoms with E-state index < -0.39 is 5.97 Å². The molecule has 1 aliphatic carbocycles. The minimum Gasteiger partial charge on any atom is -0.481 e. The van der Waals surface area contributed by atoms with Crippen LogP contribution < -0.4 is 0 Å². The highest BCUT2D eigenvalue weighted by Gasteiger charge is 2.41. The van der Waals surface area contributed by atoms with E-state index in [2.05, 4.69) is 11.9 Å². The van der Waals surface area contributed by atoms with Crippen molar-refractivity contribution in [2.45, 2.75) is 32.1 Å². The zero-order valence-corrected chi connectivity index (χ0v) is 9.48. The van der Waals surface area contributed by atoms with Crippen LogP contribution in [0.5, 0.6) is 0 Å². The molecule has 2 aliphatic rings. The summed E-state index contributed by atoms with van der Waals surface area (Å²) in [6.07, 6.45) is 5.81. The minimum atomic E-state index is -0.558. The first-order valence-corrected chi connectivity index (χ1v) is 6.10. The monoisotopic (exact) mass is 211 g/mol. The Morgan fingerprint density at radius 3 is 2.60 bits per heavy atom. The van der Waals surface area contributed by atoms with Gasteiger partial charge in [-0.05, 0) is 51.1 Å². The van der Waals surface area contributed by atoms with Crippen molar-refractivity contribution in [3.8, 4) is 0 Å². The van der Waals surface area contributed by atoms with Crippen LogP contribution in [0.15, 0.2) is 0 Å². The van der Waals surface area contributed by atoms with Gasteiger partial charge in [-0.2, -0.15) is 0 Å². The maximum Gasteiger partial charge on any atom is 0.307 e. The van der Waals surface area contributed by atoms with E-state index >= 15 is 0 Å². The van der Waals surface area contributed by atoms with E-state index in [1.54, 1.807) is 0 Å². The van der Waals surface area contributed by atoms with Crippen molar-refractivity contribution < 1.29 is 9.90 Å².